The Balaban J connectivity index is 2.16. The first-order chi connectivity index (χ1) is 8.60. The van der Waals surface area contributed by atoms with Gasteiger partial charge in [0.1, 0.15) is 5.01 Å². The van der Waals surface area contributed by atoms with E-state index in [-0.39, 0.29) is 6.04 Å². The summed E-state index contributed by atoms with van der Waals surface area (Å²) in [6, 6.07) is 5.48. The molecule has 18 heavy (non-hydrogen) atoms. The van der Waals surface area contributed by atoms with Crippen LogP contribution in [0.3, 0.4) is 0 Å². The number of benzene rings is 1. The second-order valence-corrected chi connectivity index (χ2v) is 5.79. The zero-order valence-corrected chi connectivity index (χ0v) is 12.4. The first-order valence-corrected chi connectivity index (χ1v) is 7.21. The topological polar surface area (TPSA) is 37.8 Å². The van der Waals surface area contributed by atoms with Gasteiger partial charge in [-0.3, -0.25) is 0 Å². The summed E-state index contributed by atoms with van der Waals surface area (Å²) in [7, 11) is 0. The van der Waals surface area contributed by atoms with Gasteiger partial charge in [0.2, 0.25) is 5.13 Å². The molecular weight excluding hydrogens is 289 g/mol. The fourth-order valence-electron chi connectivity index (χ4n) is 1.56. The fourth-order valence-corrected chi connectivity index (χ4v) is 2.79. The molecule has 0 saturated carbocycles. The van der Waals surface area contributed by atoms with Gasteiger partial charge in [-0.15, -0.1) is 10.2 Å². The Morgan fingerprint density at radius 2 is 2.11 bits per heavy atom. The van der Waals surface area contributed by atoms with Crippen LogP contribution in [0.4, 0.5) is 5.13 Å². The van der Waals surface area contributed by atoms with Gasteiger partial charge in [0.15, 0.2) is 0 Å². The normalized spacial score (nSPS) is 12.4. The van der Waals surface area contributed by atoms with Crippen LogP contribution >= 0.6 is 34.5 Å². The maximum Gasteiger partial charge on any atom is 0.206 e. The zero-order chi connectivity index (χ0) is 13.1. The number of aromatic nitrogens is 2. The van der Waals surface area contributed by atoms with E-state index >= 15 is 0 Å². The van der Waals surface area contributed by atoms with Gasteiger partial charge in [-0.05, 0) is 37.1 Å². The number of nitrogens with zero attached hydrogens (tertiary/aromatic N) is 2. The summed E-state index contributed by atoms with van der Waals surface area (Å²) in [5.74, 6) is 0. The van der Waals surface area contributed by atoms with Crippen LogP contribution in [0.25, 0.3) is 0 Å². The van der Waals surface area contributed by atoms with Crippen molar-refractivity contribution in [3.05, 3.63) is 38.8 Å². The summed E-state index contributed by atoms with van der Waals surface area (Å²) in [4.78, 5) is 0. The molecule has 2 aromatic rings. The molecular formula is C12H13Cl2N3S. The highest BCUT2D eigenvalue weighted by molar-refractivity contribution is 7.15. The number of hydrogen-bond donors (Lipinski definition) is 1. The summed E-state index contributed by atoms with van der Waals surface area (Å²) >= 11 is 13.7. The van der Waals surface area contributed by atoms with E-state index in [1.54, 1.807) is 23.5 Å². The standard InChI is InChI=1S/C12H13Cl2N3S/c1-3-11-16-17-12(18-11)15-7(2)9-6-8(13)4-5-10(9)14/h4-7H,3H2,1-2H3,(H,15,17). The molecule has 96 valence electrons. The lowest BCUT2D eigenvalue weighted by molar-refractivity contribution is 0.870. The van der Waals surface area contributed by atoms with E-state index in [4.69, 9.17) is 23.2 Å². The van der Waals surface area contributed by atoms with E-state index < -0.39 is 0 Å². The Kier molecular flexibility index (Phi) is 4.43. The number of hydrogen-bond acceptors (Lipinski definition) is 4. The third kappa shape index (κ3) is 3.13. The molecule has 1 N–H and O–H groups in total. The lowest BCUT2D eigenvalue weighted by Crippen LogP contribution is -2.07. The minimum Gasteiger partial charge on any atom is -0.354 e. The summed E-state index contributed by atoms with van der Waals surface area (Å²) in [6.07, 6.45) is 0.894. The average molecular weight is 302 g/mol. The molecule has 0 spiro atoms. The lowest BCUT2D eigenvalue weighted by Gasteiger charge is -2.14. The maximum atomic E-state index is 6.16. The van der Waals surface area contributed by atoms with Gasteiger partial charge in [0.25, 0.3) is 0 Å². The van der Waals surface area contributed by atoms with Crippen molar-refractivity contribution in [2.24, 2.45) is 0 Å². The third-order valence-electron chi connectivity index (χ3n) is 2.53. The Hall–Kier alpha value is -0.840. The van der Waals surface area contributed by atoms with Crippen LogP contribution < -0.4 is 5.32 Å². The van der Waals surface area contributed by atoms with Crippen LogP contribution in [-0.4, -0.2) is 10.2 Å². The molecule has 0 saturated heterocycles. The molecule has 1 heterocycles. The molecule has 2 rings (SSSR count). The van der Waals surface area contributed by atoms with Gasteiger partial charge in [-0.2, -0.15) is 0 Å². The van der Waals surface area contributed by atoms with Gasteiger partial charge in [0.05, 0.1) is 6.04 Å². The SMILES string of the molecule is CCc1nnc(NC(C)c2cc(Cl)ccc2Cl)s1. The van der Waals surface area contributed by atoms with E-state index in [1.807, 2.05) is 13.0 Å². The van der Waals surface area contributed by atoms with Crippen molar-refractivity contribution in [1.29, 1.82) is 0 Å². The quantitative estimate of drug-likeness (QED) is 0.898. The first-order valence-electron chi connectivity index (χ1n) is 5.64. The van der Waals surface area contributed by atoms with Gasteiger partial charge in [0, 0.05) is 10.0 Å². The number of halogens is 2. The van der Waals surface area contributed by atoms with Crippen LogP contribution in [0.15, 0.2) is 18.2 Å². The van der Waals surface area contributed by atoms with Crippen molar-refractivity contribution in [3.8, 4) is 0 Å². The summed E-state index contributed by atoms with van der Waals surface area (Å²) in [5.41, 5.74) is 0.956. The molecule has 1 aromatic heterocycles. The molecule has 1 atom stereocenters. The Morgan fingerprint density at radius 1 is 1.33 bits per heavy atom. The molecule has 1 aromatic carbocycles. The molecule has 0 aliphatic carbocycles. The van der Waals surface area contributed by atoms with Crippen molar-refractivity contribution in [2.75, 3.05) is 5.32 Å². The molecule has 0 aliphatic rings. The van der Waals surface area contributed by atoms with Gasteiger partial charge >= 0.3 is 0 Å². The molecule has 1 unspecified atom stereocenters. The second kappa shape index (κ2) is 5.87. The predicted molar refractivity (Wildman–Crippen MR) is 77.8 cm³/mol. The fraction of sp³-hybridized carbons (Fsp3) is 0.333. The molecule has 0 bridgehead atoms. The van der Waals surface area contributed by atoms with E-state index in [0.717, 1.165) is 22.1 Å². The van der Waals surface area contributed by atoms with Crippen LogP contribution in [0.2, 0.25) is 10.0 Å². The van der Waals surface area contributed by atoms with Gasteiger partial charge < -0.3 is 5.32 Å². The number of aryl methyl sites for hydroxylation is 1. The third-order valence-corrected chi connectivity index (χ3v) is 4.11. The van der Waals surface area contributed by atoms with Crippen molar-refractivity contribution < 1.29 is 0 Å². The van der Waals surface area contributed by atoms with Crippen LogP contribution in [-0.2, 0) is 6.42 Å². The van der Waals surface area contributed by atoms with Crippen molar-refractivity contribution in [2.45, 2.75) is 26.3 Å². The van der Waals surface area contributed by atoms with E-state index in [2.05, 4.69) is 22.4 Å². The van der Waals surface area contributed by atoms with Gasteiger partial charge in [-0.25, -0.2) is 0 Å². The van der Waals surface area contributed by atoms with Crippen LogP contribution in [0, 0.1) is 0 Å². The summed E-state index contributed by atoms with van der Waals surface area (Å²) < 4.78 is 0. The zero-order valence-electron chi connectivity index (χ0n) is 10.1. The number of nitrogens with one attached hydrogen (secondary N) is 1. The van der Waals surface area contributed by atoms with E-state index in [9.17, 15) is 0 Å². The highest BCUT2D eigenvalue weighted by atomic mass is 35.5. The lowest BCUT2D eigenvalue weighted by atomic mass is 10.1. The highest BCUT2D eigenvalue weighted by Gasteiger charge is 2.12. The minimum atomic E-state index is 0.0360. The van der Waals surface area contributed by atoms with E-state index in [1.165, 1.54) is 0 Å². The number of anilines is 1. The predicted octanol–water partition coefficient (Wildman–Crippen LogP) is 4.58. The van der Waals surface area contributed by atoms with Crippen molar-refractivity contribution in [1.82, 2.24) is 10.2 Å². The first kappa shape index (κ1) is 13.6. The second-order valence-electron chi connectivity index (χ2n) is 3.89. The molecule has 0 radical (unpaired) electrons. The van der Waals surface area contributed by atoms with Crippen LogP contribution in [0.5, 0.6) is 0 Å². The van der Waals surface area contributed by atoms with Crippen molar-refractivity contribution >= 4 is 39.7 Å². The largest absolute Gasteiger partial charge is 0.354 e. The van der Waals surface area contributed by atoms with Gasteiger partial charge in [-0.1, -0.05) is 41.5 Å². The molecule has 3 nitrogen and oxygen atoms in total. The monoisotopic (exact) mass is 301 g/mol. The highest BCUT2D eigenvalue weighted by Crippen LogP contribution is 2.29. The summed E-state index contributed by atoms with van der Waals surface area (Å²) in [5, 5.41) is 14.6. The molecule has 6 heteroatoms. The Labute approximate surface area is 120 Å². The average Bonchev–Trinajstić information content (AvgIpc) is 2.80. The van der Waals surface area contributed by atoms with E-state index in [0.29, 0.717) is 10.0 Å². The number of rotatable bonds is 4. The minimum absolute atomic E-state index is 0.0360. The van der Waals surface area contributed by atoms with Crippen LogP contribution in [0.1, 0.15) is 30.5 Å². The molecule has 0 aliphatic heterocycles. The smallest absolute Gasteiger partial charge is 0.206 e. The van der Waals surface area contributed by atoms with Crippen molar-refractivity contribution in [3.63, 3.8) is 0 Å². The Morgan fingerprint density at radius 3 is 2.78 bits per heavy atom. The molecule has 0 fully saturated rings. The molecule has 0 amide bonds. The Bertz CT molecular complexity index is 542. The maximum absolute atomic E-state index is 6.16. The summed E-state index contributed by atoms with van der Waals surface area (Å²) in [6.45, 7) is 4.08.